The van der Waals surface area contributed by atoms with E-state index in [0.29, 0.717) is 12.2 Å². The van der Waals surface area contributed by atoms with Gasteiger partial charge in [0, 0.05) is 23.7 Å². The maximum atomic E-state index is 6.14. The average Bonchev–Trinajstić information content (AvgIpc) is 2.89. The summed E-state index contributed by atoms with van der Waals surface area (Å²) in [6.45, 7) is 0.490. The zero-order valence-electron chi connectivity index (χ0n) is 9.72. The summed E-state index contributed by atoms with van der Waals surface area (Å²) >= 11 is 0. The molecule has 5 heteroatoms. The van der Waals surface area contributed by atoms with Gasteiger partial charge in [0.1, 0.15) is 0 Å². The quantitative estimate of drug-likeness (QED) is 0.593. The average molecular weight is 239 g/mol. The molecule has 0 fully saturated rings. The summed E-state index contributed by atoms with van der Waals surface area (Å²) in [4.78, 5) is 4.38. The number of fused-ring (bicyclic) bond motifs is 1. The summed E-state index contributed by atoms with van der Waals surface area (Å²) in [6, 6.07) is 7.79. The predicted octanol–water partition coefficient (Wildman–Crippen LogP) is 1.67. The van der Waals surface area contributed by atoms with E-state index in [9.17, 15) is 0 Å². The zero-order chi connectivity index (χ0) is 12.5. The molecule has 0 bridgehead atoms. The molecule has 0 aliphatic carbocycles. The number of rotatable bonds is 2. The number of aromatic nitrogens is 3. The first kappa shape index (κ1) is 10.7. The Labute approximate surface area is 104 Å². The van der Waals surface area contributed by atoms with E-state index in [1.165, 1.54) is 0 Å². The number of pyridine rings is 1. The van der Waals surface area contributed by atoms with Gasteiger partial charge >= 0.3 is 0 Å². The Morgan fingerprint density at radius 1 is 1.11 bits per heavy atom. The molecule has 0 atom stereocenters. The molecule has 90 valence electrons. The SMILES string of the molecule is NCc1ccc(-c2ccc3[nH]ncc3c2N)nc1. The van der Waals surface area contributed by atoms with Crippen LogP contribution in [0.1, 0.15) is 5.56 Å². The predicted molar refractivity (Wildman–Crippen MR) is 71.6 cm³/mol. The molecule has 18 heavy (non-hydrogen) atoms. The smallest absolute Gasteiger partial charge is 0.0723 e. The highest BCUT2D eigenvalue weighted by molar-refractivity contribution is 5.97. The van der Waals surface area contributed by atoms with Crippen LogP contribution in [0, 0.1) is 0 Å². The van der Waals surface area contributed by atoms with E-state index in [2.05, 4.69) is 15.2 Å². The van der Waals surface area contributed by atoms with Crippen LogP contribution in [-0.4, -0.2) is 15.2 Å². The van der Waals surface area contributed by atoms with Gasteiger partial charge in [-0.3, -0.25) is 10.1 Å². The van der Waals surface area contributed by atoms with E-state index < -0.39 is 0 Å². The Balaban J connectivity index is 2.15. The first-order valence-electron chi connectivity index (χ1n) is 5.66. The van der Waals surface area contributed by atoms with Crippen LogP contribution in [0.4, 0.5) is 5.69 Å². The lowest BCUT2D eigenvalue weighted by Gasteiger charge is -2.06. The van der Waals surface area contributed by atoms with Crippen molar-refractivity contribution in [3.63, 3.8) is 0 Å². The third kappa shape index (κ3) is 1.61. The van der Waals surface area contributed by atoms with E-state index in [1.807, 2.05) is 24.3 Å². The summed E-state index contributed by atoms with van der Waals surface area (Å²) in [5.74, 6) is 0. The van der Waals surface area contributed by atoms with Crippen molar-refractivity contribution < 1.29 is 0 Å². The van der Waals surface area contributed by atoms with Gasteiger partial charge in [0.25, 0.3) is 0 Å². The fourth-order valence-corrected chi connectivity index (χ4v) is 1.97. The highest BCUT2D eigenvalue weighted by Gasteiger charge is 2.08. The fourth-order valence-electron chi connectivity index (χ4n) is 1.97. The Morgan fingerprint density at radius 2 is 2.00 bits per heavy atom. The minimum absolute atomic E-state index is 0.490. The van der Waals surface area contributed by atoms with E-state index >= 15 is 0 Å². The van der Waals surface area contributed by atoms with Gasteiger partial charge in [0.05, 0.1) is 23.1 Å². The number of anilines is 1. The number of hydrogen-bond acceptors (Lipinski definition) is 4. The van der Waals surface area contributed by atoms with Crippen LogP contribution in [0.25, 0.3) is 22.2 Å². The van der Waals surface area contributed by atoms with E-state index in [1.54, 1.807) is 12.4 Å². The van der Waals surface area contributed by atoms with Crippen LogP contribution in [0.2, 0.25) is 0 Å². The summed E-state index contributed by atoms with van der Waals surface area (Å²) < 4.78 is 0. The number of nitrogens with two attached hydrogens (primary N) is 2. The van der Waals surface area contributed by atoms with Crippen molar-refractivity contribution in [2.75, 3.05) is 5.73 Å². The topological polar surface area (TPSA) is 93.6 Å². The second-order valence-corrected chi connectivity index (χ2v) is 4.11. The summed E-state index contributed by atoms with van der Waals surface area (Å²) in [5.41, 5.74) is 16.1. The number of nitrogens with zero attached hydrogens (tertiary/aromatic N) is 2. The highest BCUT2D eigenvalue weighted by Crippen LogP contribution is 2.30. The first-order valence-corrected chi connectivity index (χ1v) is 5.66. The largest absolute Gasteiger partial charge is 0.398 e. The lowest BCUT2D eigenvalue weighted by atomic mass is 10.1. The van der Waals surface area contributed by atoms with Gasteiger partial charge in [-0.2, -0.15) is 5.10 Å². The molecule has 0 radical (unpaired) electrons. The molecule has 5 N–H and O–H groups in total. The Hall–Kier alpha value is -2.40. The molecule has 0 aliphatic rings. The van der Waals surface area contributed by atoms with Crippen molar-refractivity contribution in [1.82, 2.24) is 15.2 Å². The number of benzene rings is 1. The van der Waals surface area contributed by atoms with Gasteiger partial charge in [-0.1, -0.05) is 6.07 Å². The third-order valence-corrected chi connectivity index (χ3v) is 3.00. The van der Waals surface area contributed by atoms with Crippen molar-refractivity contribution in [3.05, 3.63) is 42.2 Å². The zero-order valence-corrected chi connectivity index (χ0v) is 9.72. The summed E-state index contributed by atoms with van der Waals surface area (Å²) in [6.07, 6.45) is 3.50. The number of H-pyrrole nitrogens is 1. The maximum Gasteiger partial charge on any atom is 0.0723 e. The molecule has 0 aliphatic heterocycles. The number of hydrogen-bond donors (Lipinski definition) is 3. The van der Waals surface area contributed by atoms with Crippen molar-refractivity contribution in [1.29, 1.82) is 0 Å². The van der Waals surface area contributed by atoms with Gasteiger partial charge < -0.3 is 11.5 Å². The lowest BCUT2D eigenvalue weighted by molar-refractivity contribution is 1.05. The highest BCUT2D eigenvalue weighted by atomic mass is 15.1. The first-order chi connectivity index (χ1) is 8.79. The molecular formula is C13H13N5. The van der Waals surface area contributed by atoms with Crippen LogP contribution in [-0.2, 0) is 6.54 Å². The number of nitrogen functional groups attached to an aromatic ring is 1. The third-order valence-electron chi connectivity index (χ3n) is 3.00. The van der Waals surface area contributed by atoms with Gasteiger partial charge in [-0.05, 0) is 23.8 Å². The monoisotopic (exact) mass is 239 g/mol. The molecule has 5 nitrogen and oxygen atoms in total. The Bertz CT molecular complexity index is 684. The molecule has 0 amide bonds. The molecule has 2 aromatic heterocycles. The van der Waals surface area contributed by atoms with Gasteiger partial charge in [-0.25, -0.2) is 0 Å². The van der Waals surface area contributed by atoms with E-state index in [-0.39, 0.29) is 0 Å². The van der Waals surface area contributed by atoms with Crippen LogP contribution in [0.15, 0.2) is 36.7 Å². The molecule has 0 unspecified atom stereocenters. The van der Waals surface area contributed by atoms with Crippen molar-refractivity contribution in [3.8, 4) is 11.3 Å². The fraction of sp³-hybridized carbons (Fsp3) is 0.0769. The van der Waals surface area contributed by atoms with Crippen molar-refractivity contribution >= 4 is 16.6 Å². The molecule has 0 saturated carbocycles. The second-order valence-electron chi connectivity index (χ2n) is 4.11. The lowest BCUT2D eigenvalue weighted by Crippen LogP contribution is -1.98. The van der Waals surface area contributed by atoms with Crippen LogP contribution in [0.3, 0.4) is 0 Å². The standard InChI is InChI=1S/C13H13N5/c14-5-8-1-3-11(16-6-8)9-2-4-12-10(13(9)15)7-17-18-12/h1-4,6-7H,5,14-15H2,(H,17,18). The Morgan fingerprint density at radius 3 is 2.72 bits per heavy atom. The second kappa shape index (κ2) is 4.12. The normalized spacial score (nSPS) is 10.9. The van der Waals surface area contributed by atoms with Gasteiger partial charge in [0.15, 0.2) is 0 Å². The number of nitrogens with one attached hydrogen (secondary N) is 1. The van der Waals surface area contributed by atoms with Crippen molar-refractivity contribution in [2.24, 2.45) is 5.73 Å². The molecule has 0 spiro atoms. The van der Waals surface area contributed by atoms with E-state index in [4.69, 9.17) is 11.5 Å². The van der Waals surface area contributed by atoms with Gasteiger partial charge in [0.2, 0.25) is 0 Å². The van der Waals surface area contributed by atoms with Crippen LogP contribution >= 0.6 is 0 Å². The van der Waals surface area contributed by atoms with Crippen LogP contribution in [0.5, 0.6) is 0 Å². The summed E-state index contributed by atoms with van der Waals surface area (Å²) in [7, 11) is 0. The summed E-state index contributed by atoms with van der Waals surface area (Å²) in [5, 5.41) is 7.79. The van der Waals surface area contributed by atoms with Crippen LogP contribution < -0.4 is 11.5 Å². The van der Waals surface area contributed by atoms with E-state index in [0.717, 1.165) is 27.7 Å². The van der Waals surface area contributed by atoms with Crippen molar-refractivity contribution in [2.45, 2.75) is 6.54 Å². The molecule has 1 aromatic carbocycles. The molecule has 0 saturated heterocycles. The molecular weight excluding hydrogens is 226 g/mol. The minimum Gasteiger partial charge on any atom is -0.398 e. The molecule has 2 heterocycles. The molecule has 3 rings (SSSR count). The minimum atomic E-state index is 0.490. The number of aromatic amines is 1. The van der Waals surface area contributed by atoms with Gasteiger partial charge in [-0.15, -0.1) is 0 Å². The molecule has 3 aromatic rings. The Kier molecular flexibility index (Phi) is 2.46. The maximum absolute atomic E-state index is 6.14.